The van der Waals surface area contributed by atoms with E-state index >= 15 is 0 Å². The number of hydrogen-bond donors (Lipinski definition) is 1. The highest BCUT2D eigenvalue weighted by Crippen LogP contribution is 2.33. The minimum absolute atomic E-state index is 0.143. The zero-order valence-electron chi connectivity index (χ0n) is 14.9. The van der Waals surface area contributed by atoms with Crippen molar-refractivity contribution in [2.45, 2.75) is 6.92 Å². The van der Waals surface area contributed by atoms with Gasteiger partial charge in [0.2, 0.25) is 0 Å². The number of benzene rings is 2. The number of carbonyl (C=O) groups excluding carboxylic acids is 1. The van der Waals surface area contributed by atoms with Crippen molar-refractivity contribution < 1.29 is 4.79 Å². The maximum atomic E-state index is 13.3. The fourth-order valence-corrected chi connectivity index (χ4v) is 3.70. The van der Waals surface area contributed by atoms with Crippen molar-refractivity contribution in [2.24, 2.45) is 5.92 Å². The largest absolute Gasteiger partial charge is 0.373 e. The fraction of sp³-hybridized carbons (Fsp3) is 0.238. The van der Waals surface area contributed by atoms with Crippen molar-refractivity contribution in [3.63, 3.8) is 0 Å². The van der Waals surface area contributed by atoms with Gasteiger partial charge in [0, 0.05) is 37.1 Å². The van der Waals surface area contributed by atoms with E-state index in [1.165, 1.54) is 6.07 Å². The monoisotopic (exact) mass is 347 g/mol. The van der Waals surface area contributed by atoms with Gasteiger partial charge in [-0.25, -0.2) is 0 Å². The predicted molar refractivity (Wildman–Crippen MR) is 105 cm³/mol. The molecule has 0 spiro atoms. The molecule has 4 rings (SSSR count). The average Bonchev–Trinajstić information content (AvgIpc) is 2.77. The normalized spacial score (nSPS) is 17.1. The molecular formula is C21H21N3O2. The summed E-state index contributed by atoms with van der Waals surface area (Å²) in [6, 6.07) is 16.6. The Morgan fingerprint density at radius 2 is 1.73 bits per heavy atom. The third-order valence-electron chi connectivity index (χ3n) is 4.88. The van der Waals surface area contributed by atoms with Crippen molar-refractivity contribution >= 4 is 28.2 Å². The zero-order chi connectivity index (χ0) is 18.3. The van der Waals surface area contributed by atoms with Crippen molar-refractivity contribution in [3.05, 3.63) is 70.5 Å². The van der Waals surface area contributed by atoms with Gasteiger partial charge in [-0.2, -0.15) is 0 Å². The minimum atomic E-state index is -0.178. The third-order valence-corrected chi connectivity index (χ3v) is 4.88. The van der Waals surface area contributed by atoms with E-state index in [1.807, 2.05) is 49.5 Å². The lowest BCUT2D eigenvalue weighted by atomic mass is 10.1. The second-order valence-corrected chi connectivity index (χ2v) is 6.98. The number of nitrogens with zero attached hydrogens (tertiary/aromatic N) is 2. The van der Waals surface area contributed by atoms with E-state index in [-0.39, 0.29) is 11.3 Å². The Balaban J connectivity index is 1.82. The maximum absolute atomic E-state index is 13.3. The molecule has 0 aliphatic carbocycles. The first-order valence-electron chi connectivity index (χ1n) is 8.78. The summed E-state index contributed by atoms with van der Waals surface area (Å²) in [5, 5.41) is 0.591. The molecule has 1 aliphatic heterocycles. The number of pyridine rings is 1. The molecule has 0 saturated carbocycles. The van der Waals surface area contributed by atoms with Gasteiger partial charge in [0.25, 0.3) is 5.91 Å². The lowest BCUT2D eigenvalue weighted by Crippen LogP contribution is -2.35. The predicted octanol–water partition coefficient (Wildman–Crippen LogP) is 3.26. The number of fused-ring (bicyclic) bond motifs is 2. The van der Waals surface area contributed by atoms with Crippen molar-refractivity contribution in [3.8, 4) is 0 Å². The lowest BCUT2D eigenvalue weighted by Gasteiger charge is -2.24. The van der Waals surface area contributed by atoms with Crippen LogP contribution in [0.1, 0.15) is 17.4 Å². The zero-order valence-corrected chi connectivity index (χ0v) is 14.9. The summed E-state index contributed by atoms with van der Waals surface area (Å²) in [7, 11) is 2.04. The molecule has 0 fully saturated rings. The lowest BCUT2D eigenvalue weighted by molar-refractivity contribution is 0.0980. The standard InChI is InChI=1S/C21H21N3O2/c1-14-12-23(2)18-9-5-6-10-19(18)24(13-14)21(26)17-11-20(25)15-7-3-4-8-16(15)22-17/h3-11,14H,12-13H2,1-2H3,(H,22,25)/t14-/m0/s1. The van der Waals surface area contributed by atoms with Gasteiger partial charge >= 0.3 is 0 Å². The molecule has 1 aliphatic rings. The molecule has 0 saturated heterocycles. The summed E-state index contributed by atoms with van der Waals surface area (Å²) in [6.45, 7) is 3.61. The molecular weight excluding hydrogens is 326 g/mol. The van der Waals surface area contributed by atoms with E-state index in [9.17, 15) is 9.59 Å². The van der Waals surface area contributed by atoms with Crippen LogP contribution in [-0.4, -0.2) is 31.0 Å². The highest BCUT2D eigenvalue weighted by atomic mass is 16.2. The van der Waals surface area contributed by atoms with E-state index in [1.54, 1.807) is 11.0 Å². The van der Waals surface area contributed by atoms with Crippen LogP contribution in [0.4, 0.5) is 11.4 Å². The Labute approximate surface area is 151 Å². The van der Waals surface area contributed by atoms with E-state index in [2.05, 4.69) is 16.8 Å². The van der Waals surface area contributed by atoms with Crippen LogP contribution >= 0.6 is 0 Å². The summed E-state index contributed by atoms with van der Waals surface area (Å²) in [4.78, 5) is 32.8. The number of H-pyrrole nitrogens is 1. The Kier molecular flexibility index (Phi) is 3.99. The molecule has 132 valence electrons. The van der Waals surface area contributed by atoms with Gasteiger partial charge in [-0.3, -0.25) is 9.59 Å². The Bertz CT molecular complexity index is 1040. The molecule has 5 heteroatoms. The average molecular weight is 347 g/mol. The number of anilines is 2. The number of carbonyl (C=O) groups is 1. The van der Waals surface area contributed by atoms with Crippen LogP contribution in [0.15, 0.2) is 59.4 Å². The molecule has 2 aromatic carbocycles. The summed E-state index contributed by atoms with van der Waals surface area (Å²) in [5.41, 5.74) is 2.75. The van der Waals surface area contributed by atoms with E-state index in [0.29, 0.717) is 29.1 Å². The summed E-state index contributed by atoms with van der Waals surface area (Å²) >= 11 is 0. The molecule has 1 atom stereocenters. The molecule has 3 aromatic rings. The van der Waals surface area contributed by atoms with Gasteiger partial charge in [-0.1, -0.05) is 31.2 Å². The van der Waals surface area contributed by atoms with Crippen LogP contribution < -0.4 is 15.2 Å². The topological polar surface area (TPSA) is 56.4 Å². The molecule has 2 heterocycles. The van der Waals surface area contributed by atoms with Crippen LogP contribution in [0.25, 0.3) is 10.9 Å². The van der Waals surface area contributed by atoms with Crippen molar-refractivity contribution in [1.29, 1.82) is 0 Å². The Morgan fingerprint density at radius 1 is 1.04 bits per heavy atom. The van der Waals surface area contributed by atoms with Gasteiger partial charge < -0.3 is 14.8 Å². The first-order valence-corrected chi connectivity index (χ1v) is 8.78. The van der Waals surface area contributed by atoms with E-state index in [4.69, 9.17) is 0 Å². The maximum Gasteiger partial charge on any atom is 0.274 e. The molecule has 26 heavy (non-hydrogen) atoms. The van der Waals surface area contributed by atoms with Gasteiger partial charge in [0.15, 0.2) is 5.43 Å². The van der Waals surface area contributed by atoms with Gasteiger partial charge in [0.05, 0.1) is 11.4 Å². The second kappa shape index (κ2) is 6.33. The number of rotatable bonds is 1. The van der Waals surface area contributed by atoms with Crippen molar-refractivity contribution in [1.82, 2.24) is 4.98 Å². The summed E-state index contributed by atoms with van der Waals surface area (Å²) < 4.78 is 0. The first kappa shape index (κ1) is 16.4. The molecule has 5 nitrogen and oxygen atoms in total. The third kappa shape index (κ3) is 2.75. The van der Waals surface area contributed by atoms with Gasteiger partial charge in [-0.15, -0.1) is 0 Å². The number of nitrogens with one attached hydrogen (secondary N) is 1. The second-order valence-electron chi connectivity index (χ2n) is 6.98. The summed E-state index contributed by atoms with van der Waals surface area (Å²) in [6.07, 6.45) is 0. The molecule has 1 aromatic heterocycles. The minimum Gasteiger partial charge on any atom is -0.373 e. The van der Waals surface area contributed by atoms with Gasteiger partial charge in [-0.05, 0) is 30.2 Å². The van der Waals surface area contributed by atoms with E-state index in [0.717, 1.165) is 17.9 Å². The molecule has 0 bridgehead atoms. The Hall–Kier alpha value is -3.08. The number of aromatic amines is 1. The highest BCUT2D eigenvalue weighted by Gasteiger charge is 2.28. The number of hydrogen-bond acceptors (Lipinski definition) is 3. The van der Waals surface area contributed by atoms with Crippen molar-refractivity contribution in [2.75, 3.05) is 29.9 Å². The van der Waals surface area contributed by atoms with Crippen LogP contribution in [-0.2, 0) is 0 Å². The highest BCUT2D eigenvalue weighted by molar-refractivity contribution is 6.07. The van der Waals surface area contributed by atoms with Crippen LogP contribution in [0.3, 0.4) is 0 Å². The smallest absolute Gasteiger partial charge is 0.274 e. The quantitative estimate of drug-likeness (QED) is 0.735. The van der Waals surface area contributed by atoms with E-state index < -0.39 is 0 Å². The number of aromatic nitrogens is 1. The van der Waals surface area contributed by atoms with Crippen LogP contribution in [0.2, 0.25) is 0 Å². The molecule has 1 N–H and O–H groups in total. The molecule has 1 amide bonds. The Morgan fingerprint density at radius 3 is 2.54 bits per heavy atom. The number of para-hydroxylation sites is 3. The van der Waals surface area contributed by atoms with Crippen LogP contribution in [0.5, 0.6) is 0 Å². The SMILES string of the molecule is C[C@H]1CN(C)c2ccccc2N(C(=O)c2cc(=O)c3ccccc3[nH]2)C1. The first-order chi connectivity index (χ1) is 12.5. The van der Waals surface area contributed by atoms with Gasteiger partial charge in [0.1, 0.15) is 5.69 Å². The van der Waals surface area contributed by atoms with Crippen LogP contribution in [0, 0.1) is 5.92 Å². The molecule has 0 unspecified atom stereocenters. The fourth-order valence-electron chi connectivity index (χ4n) is 3.70. The summed E-state index contributed by atoms with van der Waals surface area (Å²) in [5.74, 6) is 0.131. The molecule has 0 radical (unpaired) electrons. The number of amides is 1.